The number of H-pyrrole nitrogens is 1. The quantitative estimate of drug-likeness (QED) is 0.338. The number of aryl methyl sites for hydroxylation is 1. The van der Waals surface area contributed by atoms with E-state index in [2.05, 4.69) is 15.0 Å². The maximum atomic E-state index is 13.6. The van der Waals surface area contributed by atoms with Crippen molar-refractivity contribution >= 4 is 22.5 Å². The zero-order valence-corrected chi connectivity index (χ0v) is 16.4. The zero-order valence-electron chi connectivity index (χ0n) is 15.7. The average Bonchev–Trinajstić information content (AvgIpc) is 2.65. The summed E-state index contributed by atoms with van der Waals surface area (Å²) in [5, 5.41) is 0.429. The molecule has 0 aliphatic heterocycles. The van der Waals surface area contributed by atoms with Crippen LogP contribution >= 0.6 is 11.6 Å². The summed E-state index contributed by atoms with van der Waals surface area (Å²) in [4.78, 5) is 22.8. The fourth-order valence-corrected chi connectivity index (χ4v) is 3.08. The van der Waals surface area contributed by atoms with E-state index in [1.54, 1.807) is 0 Å². The lowest BCUT2D eigenvalue weighted by Gasteiger charge is -2.19. The van der Waals surface area contributed by atoms with E-state index >= 15 is 0 Å². The van der Waals surface area contributed by atoms with Crippen LogP contribution in [0.5, 0.6) is 5.75 Å². The van der Waals surface area contributed by atoms with Gasteiger partial charge in [-0.25, -0.2) is 14.4 Å². The molecule has 0 aliphatic rings. The van der Waals surface area contributed by atoms with Gasteiger partial charge in [0.25, 0.3) is 5.56 Å². The molecule has 0 saturated heterocycles. The summed E-state index contributed by atoms with van der Waals surface area (Å²) in [7, 11) is 0. The fourth-order valence-electron chi connectivity index (χ4n) is 2.92. The normalized spacial score (nSPS) is 12.9. The van der Waals surface area contributed by atoms with Crippen molar-refractivity contribution in [2.24, 2.45) is 5.73 Å². The fraction of sp³-hybridized carbons (Fsp3) is 0.316. The molecule has 2 aromatic heterocycles. The summed E-state index contributed by atoms with van der Waals surface area (Å²) in [5.74, 6) is -1.23. The van der Waals surface area contributed by atoms with Crippen LogP contribution in [-0.2, 0) is 12.6 Å². The minimum absolute atomic E-state index is 0.0810. The molecule has 3 rings (SSSR count). The van der Waals surface area contributed by atoms with Gasteiger partial charge >= 0.3 is 6.18 Å². The van der Waals surface area contributed by atoms with Crippen molar-refractivity contribution in [2.75, 3.05) is 6.61 Å². The summed E-state index contributed by atoms with van der Waals surface area (Å²) < 4.78 is 58.9. The molecular weight excluding hydrogens is 428 g/mol. The average molecular weight is 445 g/mol. The lowest BCUT2D eigenvalue weighted by atomic mass is 10.0. The molecule has 3 N–H and O–H groups in total. The van der Waals surface area contributed by atoms with Gasteiger partial charge in [-0.1, -0.05) is 11.6 Å². The molecule has 11 heteroatoms. The van der Waals surface area contributed by atoms with Gasteiger partial charge in [0.05, 0.1) is 23.7 Å². The maximum Gasteiger partial charge on any atom is 0.420 e. The molecule has 0 bridgehead atoms. The number of rotatable bonds is 6. The molecule has 0 fully saturated rings. The molecule has 2 heterocycles. The number of aromatic amines is 1. The second-order valence-electron chi connectivity index (χ2n) is 6.65. The Bertz CT molecular complexity index is 1130. The van der Waals surface area contributed by atoms with Gasteiger partial charge in [-0.05, 0) is 31.5 Å². The van der Waals surface area contributed by atoms with Crippen molar-refractivity contribution in [3.8, 4) is 5.75 Å². The van der Waals surface area contributed by atoms with Crippen LogP contribution in [0.2, 0.25) is 5.15 Å². The van der Waals surface area contributed by atoms with Crippen molar-refractivity contribution in [3.63, 3.8) is 0 Å². The Kier molecular flexibility index (Phi) is 6.27. The molecule has 1 atom stereocenters. The Labute approximate surface area is 173 Å². The third-order valence-corrected chi connectivity index (χ3v) is 4.50. The summed E-state index contributed by atoms with van der Waals surface area (Å²) in [6, 6.07) is 1.82. The molecule has 3 aromatic rings. The van der Waals surface area contributed by atoms with Gasteiger partial charge in [-0.3, -0.25) is 4.79 Å². The van der Waals surface area contributed by atoms with E-state index in [0.29, 0.717) is 17.4 Å². The highest BCUT2D eigenvalue weighted by Gasteiger charge is 2.36. The van der Waals surface area contributed by atoms with Crippen LogP contribution in [0.4, 0.5) is 17.6 Å². The summed E-state index contributed by atoms with van der Waals surface area (Å²) in [6.45, 7) is 1.31. The number of fused-ring (bicyclic) bond motifs is 1. The Morgan fingerprint density at radius 1 is 1.30 bits per heavy atom. The third kappa shape index (κ3) is 4.88. The number of nitrogens with zero attached hydrogens (tertiary/aromatic N) is 2. The number of nitrogens with two attached hydrogens (primary N) is 1. The van der Waals surface area contributed by atoms with Crippen LogP contribution in [0.15, 0.2) is 29.2 Å². The Balaban J connectivity index is 1.76. The molecule has 160 valence electrons. The van der Waals surface area contributed by atoms with Crippen LogP contribution in [0.3, 0.4) is 0 Å². The largest absolute Gasteiger partial charge is 0.493 e. The number of pyridine rings is 1. The zero-order chi connectivity index (χ0) is 22.1. The number of halogens is 5. The minimum atomic E-state index is -4.81. The van der Waals surface area contributed by atoms with E-state index < -0.39 is 34.9 Å². The Morgan fingerprint density at radius 3 is 2.70 bits per heavy atom. The molecule has 0 amide bonds. The number of nitrogens with one attached hydrogen (secondary N) is 1. The van der Waals surface area contributed by atoms with Crippen molar-refractivity contribution in [1.29, 1.82) is 0 Å². The molecule has 0 radical (unpaired) electrons. The van der Waals surface area contributed by atoms with Crippen LogP contribution in [0.25, 0.3) is 10.9 Å². The first-order valence-electron chi connectivity index (χ1n) is 8.89. The predicted molar refractivity (Wildman–Crippen MR) is 103 cm³/mol. The van der Waals surface area contributed by atoms with Crippen LogP contribution in [-0.4, -0.2) is 21.6 Å². The van der Waals surface area contributed by atoms with E-state index in [0.717, 1.165) is 6.07 Å². The Hall–Kier alpha value is -2.72. The Morgan fingerprint density at radius 2 is 2.03 bits per heavy atom. The first-order chi connectivity index (χ1) is 14.1. The number of ether oxygens (including phenoxy) is 1. The first kappa shape index (κ1) is 22.0. The van der Waals surface area contributed by atoms with Crippen molar-refractivity contribution < 1.29 is 22.3 Å². The number of aromatic nitrogens is 3. The number of benzene rings is 1. The van der Waals surface area contributed by atoms with Crippen molar-refractivity contribution in [1.82, 2.24) is 15.0 Å². The van der Waals surface area contributed by atoms with Crippen molar-refractivity contribution in [2.45, 2.75) is 32.0 Å². The predicted octanol–water partition coefficient (Wildman–Crippen LogP) is 4.16. The molecule has 0 aliphatic carbocycles. The highest BCUT2D eigenvalue weighted by atomic mass is 35.5. The van der Waals surface area contributed by atoms with E-state index in [1.165, 1.54) is 19.2 Å². The first-order valence-corrected chi connectivity index (χ1v) is 9.27. The van der Waals surface area contributed by atoms with Gasteiger partial charge < -0.3 is 15.5 Å². The van der Waals surface area contributed by atoms with Crippen LogP contribution in [0.1, 0.15) is 36.3 Å². The van der Waals surface area contributed by atoms with E-state index in [1.807, 2.05) is 0 Å². The second-order valence-corrected chi connectivity index (χ2v) is 7.03. The molecule has 0 unspecified atom stereocenters. The molecular formula is C19H17ClF4N4O2. The summed E-state index contributed by atoms with van der Waals surface area (Å²) >= 11 is 5.76. The number of alkyl halides is 3. The standard InChI is InChI=1S/C19H17ClF4N4O2/c1-9(25)11-5-10(21)6-13(19(22,23)24)17(11)30-4-2-3-16-27-14-8-26-15(20)7-12(14)18(29)28-16/h5-9H,2-4,25H2,1H3,(H,27,28,29)/t9-/m1/s1. The van der Waals surface area contributed by atoms with Gasteiger partial charge in [-0.15, -0.1) is 0 Å². The maximum absolute atomic E-state index is 13.6. The minimum Gasteiger partial charge on any atom is -0.493 e. The van der Waals surface area contributed by atoms with E-state index in [9.17, 15) is 22.4 Å². The number of hydrogen-bond donors (Lipinski definition) is 2. The smallest absolute Gasteiger partial charge is 0.420 e. The highest BCUT2D eigenvalue weighted by molar-refractivity contribution is 6.30. The lowest BCUT2D eigenvalue weighted by molar-refractivity contribution is -0.139. The van der Waals surface area contributed by atoms with Gasteiger partial charge in [0.2, 0.25) is 0 Å². The molecule has 6 nitrogen and oxygen atoms in total. The highest BCUT2D eigenvalue weighted by Crippen LogP contribution is 2.40. The third-order valence-electron chi connectivity index (χ3n) is 4.29. The lowest BCUT2D eigenvalue weighted by Crippen LogP contribution is -2.16. The topological polar surface area (TPSA) is 93.9 Å². The van der Waals surface area contributed by atoms with Gasteiger partial charge in [0.15, 0.2) is 0 Å². The summed E-state index contributed by atoms with van der Waals surface area (Å²) in [6.07, 6.45) is -2.98. The van der Waals surface area contributed by atoms with Crippen LogP contribution < -0.4 is 16.0 Å². The molecule has 1 aromatic carbocycles. The van der Waals surface area contributed by atoms with E-state index in [4.69, 9.17) is 22.1 Å². The molecule has 30 heavy (non-hydrogen) atoms. The van der Waals surface area contributed by atoms with E-state index in [-0.39, 0.29) is 35.6 Å². The van der Waals surface area contributed by atoms with Gasteiger partial charge in [-0.2, -0.15) is 13.2 Å². The summed E-state index contributed by atoms with van der Waals surface area (Å²) in [5.41, 5.74) is 4.32. The van der Waals surface area contributed by atoms with Gasteiger partial charge in [0, 0.05) is 18.0 Å². The molecule has 0 saturated carbocycles. The van der Waals surface area contributed by atoms with Crippen molar-refractivity contribution in [3.05, 3.63) is 62.7 Å². The van der Waals surface area contributed by atoms with Crippen LogP contribution in [0, 0.1) is 5.82 Å². The number of hydrogen-bond acceptors (Lipinski definition) is 5. The molecule has 0 spiro atoms. The second kappa shape index (κ2) is 8.57. The SMILES string of the molecule is C[C@@H](N)c1cc(F)cc(C(F)(F)F)c1OCCCc1nc2cnc(Cl)cc2c(=O)[nH]1. The van der Waals surface area contributed by atoms with Gasteiger partial charge in [0.1, 0.15) is 28.1 Å². The monoisotopic (exact) mass is 444 g/mol.